The first kappa shape index (κ1) is 18.3. The number of carbonyl (C=O) groups excluding carboxylic acids is 2. The molecule has 0 heterocycles. The number of ether oxygens (including phenoxy) is 3. The van der Waals surface area contributed by atoms with Crippen LogP contribution in [-0.4, -0.2) is 32.7 Å². The molecule has 0 aliphatic rings. The van der Waals surface area contributed by atoms with Crippen LogP contribution in [0.1, 0.15) is 28.9 Å². The van der Waals surface area contributed by atoms with Crippen molar-refractivity contribution in [3.63, 3.8) is 0 Å². The number of benzene rings is 2. The van der Waals surface area contributed by atoms with Crippen LogP contribution >= 0.6 is 0 Å². The summed E-state index contributed by atoms with van der Waals surface area (Å²) in [6.07, 6.45) is 0. The van der Waals surface area contributed by atoms with Crippen molar-refractivity contribution in [2.45, 2.75) is 13.0 Å². The smallest absolute Gasteiger partial charge is 0.346 e. The van der Waals surface area contributed by atoms with Gasteiger partial charge in [-0.3, -0.25) is 4.79 Å². The minimum atomic E-state index is -0.684. The molecule has 6 nitrogen and oxygen atoms in total. The van der Waals surface area contributed by atoms with Crippen molar-refractivity contribution in [3.05, 3.63) is 59.7 Å². The molecule has 1 N–H and O–H groups in total. The van der Waals surface area contributed by atoms with Gasteiger partial charge < -0.3 is 19.5 Å². The van der Waals surface area contributed by atoms with E-state index in [1.807, 2.05) is 37.3 Å². The largest absolute Gasteiger partial charge is 0.496 e. The Morgan fingerprint density at radius 1 is 0.960 bits per heavy atom. The fourth-order valence-corrected chi connectivity index (χ4v) is 2.36. The van der Waals surface area contributed by atoms with Crippen molar-refractivity contribution in [2.24, 2.45) is 0 Å². The summed E-state index contributed by atoms with van der Waals surface area (Å²) in [7, 11) is 2.89. The number of methoxy groups -OCH3 is 2. The van der Waals surface area contributed by atoms with Gasteiger partial charge in [-0.25, -0.2) is 4.79 Å². The third kappa shape index (κ3) is 4.73. The molecule has 0 aromatic heterocycles. The van der Waals surface area contributed by atoms with Gasteiger partial charge in [0.05, 0.1) is 20.3 Å². The highest BCUT2D eigenvalue weighted by atomic mass is 16.5. The highest BCUT2D eigenvalue weighted by molar-refractivity contribution is 5.96. The van der Waals surface area contributed by atoms with Gasteiger partial charge >= 0.3 is 5.97 Å². The minimum absolute atomic E-state index is 0.149. The van der Waals surface area contributed by atoms with E-state index in [1.54, 1.807) is 18.2 Å². The number of amides is 1. The van der Waals surface area contributed by atoms with E-state index < -0.39 is 18.5 Å². The molecule has 132 valence electrons. The lowest BCUT2D eigenvalue weighted by molar-refractivity contribution is -0.124. The van der Waals surface area contributed by atoms with Crippen LogP contribution in [0.25, 0.3) is 0 Å². The minimum Gasteiger partial charge on any atom is -0.496 e. The fraction of sp³-hybridized carbons (Fsp3) is 0.263. The molecule has 0 saturated heterocycles. The van der Waals surface area contributed by atoms with Crippen LogP contribution in [-0.2, 0) is 9.53 Å². The highest BCUT2D eigenvalue weighted by Gasteiger charge is 2.21. The lowest BCUT2D eigenvalue weighted by atomic mass is 10.1. The van der Waals surface area contributed by atoms with Crippen molar-refractivity contribution in [1.82, 2.24) is 5.32 Å². The summed E-state index contributed by atoms with van der Waals surface area (Å²) < 4.78 is 15.4. The average molecular weight is 343 g/mol. The van der Waals surface area contributed by atoms with Crippen molar-refractivity contribution in [3.8, 4) is 11.5 Å². The molecular weight excluding hydrogens is 322 g/mol. The molecule has 1 amide bonds. The van der Waals surface area contributed by atoms with E-state index in [9.17, 15) is 9.59 Å². The molecule has 0 aliphatic heterocycles. The summed E-state index contributed by atoms with van der Waals surface area (Å²) in [5.74, 6) is -0.430. The van der Waals surface area contributed by atoms with E-state index in [1.165, 1.54) is 14.2 Å². The van der Waals surface area contributed by atoms with Crippen molar-refractivity contribution < 1.29 is 23.8 Å². The maximum Gasteiger partial charge on any atom is 0.346 e. The topological polar surface area (TPSA) is 73.9 Å². The van der Waals surface area contributed by atoms with Gasteiger partial charge in [0.25, 0.3) is 5.91 Å². The Labute approximate surface area is 146 Å². The summed E-state index contributed by atoms with van der Waals surface area (Å²) in [4.78, 5) is 24.3. The Morgan fingerprint density at radius 2 is 1.56 bits per heavy atom. The monoisotopic (exact) mass is 343 g/mol. The van der Waals surface area contributed by atoms with Crippen molar-refractivity contribution in [1.29, 1.82) is 0 Å². The summed E-state index contributed by atoms with van der Waals surface area (Å²) in [6.45, 7) is 1.47. The molecule has 2 aromatic rings. The average Bonchev–Trinajstić information content (AvgIpc) is 2.65. The van der Waals surface area contributed by atoms with E-state index in [0.29, 0.717) is 11.5 Å². The number of hydrogen-bond acceptors (Lipinski definition) is 5. The third-order valence-corrected chi connectivity index (χ3v) is 3.64. The normalized spacial score (nSPS) is 11.3. The molecule has 0 spiro atoms. The zero-order chi connectivity index (χ0) is 18.2. The lowest BCUT2D eigenvalue weighted by Crippen LogP contribution is -2.31. The molecule has 0 bridgehead atoms. The summed E-state index contributed by atoms with van der Waals surface area (Å²) in [5.41, 5.74) is 1.12. The molecule has 0 aliphatic carbocycles. The van der Waals surface area contributed by atoms with Gasteiger partial charge in [-0.2, -0.15) is 0 Å². The molecule has 1 atom stereocenters. The van der Waals surface area contributed by atoms with Gasteiger partial charge in [0.1, 0.15) is 17.1 Å². The molecule has 0 radical (unpaired) electrons. The Morgan fingerprint density at radius 3 is 2.12 bits per heavy atom. The van der Waals surface area contributed by atoms with E-state index in [4.69, 9.17) is 14.2 Å². The van der Waals surface area contributed by atoms with Gasteiger partial charge in [0.2, 0.25) is 0 Å². The first-order chi connectivity index (χ1) is 12.1. The summed E-state index contributed by atoms with van der Waals surface area (Å²) in [5, 5.41) is 2.78. The van der Waals surface area contributed by atoms with Crippen LogP contribution in [0, 0.1) is 0 Å². The number of carbonyl (C=O) groups is 2. The van der Waals surface area contributed by atoms with Crippen LogP contribution in [0.3, 0.4) is 0 Å². The molecule has 25 heavy (non-hydrogen) atoms. The van der Waals surface area contributed by atoms with Crippen molar-refractivity contribution >= 4 is 11.9 Å². The van der Waals surface area contributed by atoms with Gasteiger partial charge in [-0.15, -0.1) is 0 Å². The van der Waals surface area contributed by atoms with Crippen LogP contribution in [0.4, 0.5) is 0 Å². The number of nitrogens with one attached hydrogen (secondary N) is 1. The predicted molar refractivity (Wildman–Crippen MR) is 92.8 cm³/mol. The van der Waals surface area contributed by atoms with Gasteiger partial charge in [-0.05, 0) is 24.6 Å². The van der Waals surface area contributed by atoms with E-state index in [2.05, 4.69) is 5.32 Å². The quantitative estimate of drug-likeness (QED) is 0.783. The highest BCUT2D eigenvalue weighted by Crippen LogP contribution is 2.28. The standard InChI is InChI=1S/C19H21NO5/c1-13(14-8-5-4-6-9-14)20-17(21)12-25-19(22)18-15(23-2)10-7-11-16(18)24-3/h4-11,13H,12H2,1-3H3,(H,20,21). The Hall–Kier alpha value is -3.02. The molecule has 1 unspecified atom stereocenters. The molecular formula is C19H21NO5. The molecule has 2 rings (SSSR count). The molecule has 2 aromatic carbocycles. The van der Waals surface area contributed by atoms with Crippen molar-refractivity contribution in [2.75, 3.05) is 20.8 Å². The first-order valence-electron chi connectivity index (χ1n) is 7.79. The second kappa shape index (κ2) is 8.73. The van der Waals surface area contributed by atoms with Crippen LogP contribution in [0.5, 0.6) is 11.5 Å². The fourth-order valence-electron chi connectivity index (χ4n) is 2.36. The first-order valence-corrected chi connectivity index (χ1v) is 7.79. The van der Waals surface area contributed by atoms with Crippen LogP contribution in [0.2, 0.25) is 0 Å². The second-order valence-electron chi connectivity index (χ2n) is 5.31. The Kier molecular flexibility index (Phi) is 6.39. The maximum atomic E-state index is 12.3. The van der Waals surface area contributed by atoms with Gasteiger partial charge in [0, 0.05) is 0 Å². The second-order valence-corrected chi connectivity index (χ2v) is 5.31. The SMILES string of the molecule is COc1cccc(OC)c1C(=O)OCC(=O)NC(C)c1ccccc1. The van der Waals surface area contributed by atoms with Crippen LogP contribution < -0.4 is 14.8 Å². The van der Waals surface area contributed by atoms with E-state index >= 15 is 0 Å². The molecule has 6 heteroatoms. The Bertz CT molecular complexity index is 708. The summed E-state index contributed by atoms with van der Waals surface area (Å²) >= 11 is 0. The molecule has 0 fully saturated rings. The number of rotatable bonds is 7. The Balaban J connectivity index is 1.97. The van der Waals surface area contributed by atoms with Gasteiger partial charge in [-0.1, -0.05) is 36.4 Å². The number of hydrogen-bond donors (Lipinski definition) is 1. The maximum absolute atomic E-state index is 12.3. The van der Waals surface area contributed by atoms with E-state index in [-0.39, 0.29) is 11.6 Å². The zero-order valence-electron chi connectivity index (χ0n) is 14.4. The van der Waals surface area contributed by atoms with E-state index in [0.717, 1.165) is 5.56 Å². The molecule has 0 saturated carbocycles. The lowest BCUT2D eigenvalue weighted by Gasteiger charge is -2.15. The third-order valence-electron chi connectivity index (χ3n) is 3.64. The van der Waals surface area contributed by atoms with Gasteiger partial charge in [0.15, 0.2) is 6.61 Å². The zero-order valence-corrected chi connectivity index (χ0v) is 14.4. The predicted octanol–water partition coefficient (Wildman–Crippen LogP) is 2.74. The van der Waals surface area contributed by atoms with Crippen LogP contribution in [0.15, 0.2) is 48.5 Å². The summed E-state index contributed by atoms with van der Waals surface area (Å²) in [6, 6.07) is 14.3. The number of esters is 1.